The van der Waals surface area contributed by atoms with E-state index in [2.05, 4.69) is 31.0 Å². The standard InChI is InChI=1S/C20H19ClN4OS2/c1-13-10-14(2)18-15(11-13)23-20(28-18)25(8-3-7-24-9-6-22-12-24)19(26)16-4-5-17(21)27-16/h4-6,9-12H,3,7-8H2,1-2H3. The maximum absolute atomic E-state index is 13.2. The van der Waals surface area contributed by atoms with Gasteiger partial charge in [0.25, 0.3) is 5.91 Å². The van der Waals surface area contributed by atoms with Gasteiger partial charge in [0.15, 0.2) is 5.13 Å². The molecule has 0 atom stereocenters. The average Bonchev–Trinajstić information content (AvgIpc) is 3.38. The van der Waals surface area contributed by atoms with Gasteiger partial charge in [-0.05, 0) is 49.6 Å². The van der Waals surface area contributed by atoms with Crippen LogP contribution in [0.5, 0.6) is 0 Å². The Balaban J connectivity index is 1.65. The van der Waals surface area contributed by atoms with Crippen molar-refractivity contribution in [2.45, 2.75) is 26.8 Å². The Morgan fingerprint density at radius 3 is 2.82 bits per heavy atom. The van der Waals surface area contributed by atoms with Crippen LogP contribution in [0.25, 0.3) is 10.2 Å². The van der Waals surface area contributed by atoms with Crippen LogP contribution in [0.1, 0.15) is 27.2 Å². The molecular weight excluding hydrogens is 412 g/mol. The number of aromatic nitrogens is 3. The first-order chi connectivity index (χ1) is 13.5. The van der Waals surface area contributed by atoms with E-state index in [0.717, 1.165) is 28.3 Å². The molecule has 0 saturated carbocycles. The van der Waals surface area contributed by atoms with Gasteiger partial charge in [0, 0.05) is 25.5 Å². The Morgan fingerprint density at radius 2 is 2.11 bits per heavy atom. The van der Waals surface area contributed by atoms with Crippen molar-refractivity contribution in [2.75, 3.05) is 11.4 Å². The molecule has 5 nitrogen and oxygen atoms in total. The van der Waals surface area contributed by atoms with Crippen LogP contribution in [0.3, 0.4) is 0 Å². The van der Waals surface area contributed by atoms with E-state index in [1.54, 1.807) is 40.9 Å². The highest BCUT2D eigenvalue weighted by molar-refractivity contribution is 7.22. The fraction of sp³-hybridized carbons (Fsp3) is 0.250. The van der Waals surface area contributed by atoms with Crippen LogP contribution < -0.4 is 4.90 Å². The summed E-state index contributed by atoms with van der Waals surface area (Å²) in [5, 5.41) is 0.726. The summed E-state index contributed by atoms with van der Waals surface area (Å²) in [5.41, 5.74) is 3.29. The van der Waals surface area contributed by atoms with Gasteiger partial charge < -0.3 is 4.57 Å². The molecular formula is C20H19ClN4OS2. The number of carbonyl (C=O) groups is 1. The number of hydrogen-bond acceptors (Lipinski definition) is 5. The minimum absolute atomic E-state index is 0.0593. The number of rotatable bonds is 6. The number of halogens is 1. The number of aryl methyl sites for hydroxylation is 3. The molecule has 0 bridgehead atoms. The fourth-order valence-corrected chi connectivity index (χ4v) is 5.19. The zero-order valence-corrected chi connectivity index (χ0v) is 17.9. The highest BCUT2D eigenvalue weighted by Crippen LogP contribution is 2.34. The van der Waals surface area contributed by atoms with E-state index in [9.17, 15) is 4.79 Å². The number of carbonyl (C=O) groups excluding carboxylic acids is 1. The maximum Gasteiger partial charge on any atom is 0.270 e. The van der Waals surface area contributed by atoms with Crippen molar-refractivity contribution in [3.8, 4) is 0 Å². The fourth-order valence-electron chi connectivity index (χ4n) is 3.16. The average molecular weight is 431 g/mol. The second kappa shape index (κ2) is 8.03. The summed E-state index contributed by atoms with van der Waals surface area (Å²) >= 11 is 8.92. The highest BCUT2D eigenvalue weighted by Gasteiger charge is 2.23. The second-order valence-corrected chi connectivity index (χ2v) is 9.33. The van der Waals surface area contributed by atoms with Crippen LogP contribution in [0.15, 0.2) is 43.0 Å². The molecule has 8 heteroatoms. The zero-order chi connectivity index (χ0) is 19.7. The van der Waals surface area contributed by atoms with E-state index in [1.807, 2.05) is 10.8 Å². The molecule has 144 valence electrons. The monoisotopic (exact) mass is 430 g/mol. The van der Waals surface area contributed by atoms with Crippen molar-refractivity contribution in [1.82, 2.24) is 14.5 Å². The van der Waals surface area contributed by atoms with Crippen molar-refractivity contribution in [3.63, 3.8) is 0 Å². The van der Waals surface area contributed by atoms with Gasteiger partial charge in [0.05, 0.1) is 25.8 Å². The molecule has 0 aliphatic heterocycles. The smallest absolute Gasteiger partial charge is 0.270 e. The Bertz CT molecular complexity index is 1120. The van der Waals surface area contributed by atoms with Crippen LogP contribution in [-0.4, -0.2) is 27.0 Å². The number of amides is 1. The van der Waals surface area contributed by atoms with Gasteiger partial charge in [-0.15, -0.1) is 11.3 Å². The summed E-state index contributed by atoms with van der Waals surface area (Å²) < 4.78 is 3.74. The Labute approximate surface area is 176 Å². The summed E-state index contributed by atoms with van der Waals surface area (Å²) in [7, 11) is 0. The molecule has 0 N–H and O–H groups in total. The Kier molecular flexibility index (Phi) is 5.48. The lowest BCUT2D eigenvalue weighted by molar-refractivity contribution is 0.0990. The van der Waals surface area contributed by atoms with E-state index in [1.165, 1.54) is 22.5 Å². The Morgan fingerprint density at radius 1 is 1.25 bits per heavy atom. The lowest BCUT2D eigenvalue weighted by Gasteiger charge is -2.19. The number of nitrogens with zero attached hydrogens (tertiary/aromatic N) is 4. The molecule has 3 heterocycles. The molecule has 0 saturated heterocycles. The van der Waals surface area contributed by atoms with Crippen molar-refractivity contribution < 1.29 is 4.79 Å². The summed E-state index contributed by atoms with van der Waals surface area (Å²) in [6, 6.07) is 7.75. The molecule has 0 spiro atoms. The van der Waals surface area contributed by atoms with E-state index in [4.69, 9.17) is 16.6 Å². The topological polar surface area (TPSA) is 51.0 Å². The highest BCUT2D eigenvalue weighted by atomic mass is 35.5. The number of anilines is 1. The first kappa shape index (κ1) is 19.1. The normalized spacial score (nSPS) is 11.2. The van der Waals surface area contributed by atoms with E-state index in [-0.39, 0.29) is 5.91 Å². The van der Waals surface area contributed by atoms with Gasteiger partial charge in [-0.3, -0.25) is 9.69 Å². The van der Waals surface area contributed by atoms with Crippen molar-refractivity contribution in [2.24, 2.45) is 0 Å². The van der Waals surface area contributed by atoms with Crippen molar-refractivity contribution in [3.05, 3.63) is 63.3 Å². The van der Waals surface area contributed by atoms with Gasteiger partial charge in [0.1, 0.15) is 0 Å². The van der Waals surface area contributed by atoms with E-state index >= 15 is 0 Å². The Hall–Kier alpha value is -2.22. The summed E-state index contributed by atoms with van der Waals surface area (Å²) in [6.07, 6.45) is 6.27. The number of hydrogen-bond donors (Lipinski definition) is 0. The van der Waals surface area contributed by atoms with Gasteiger partial charge in [-0.1, -0.05) is 29.0 Å². The first-order valence-electron chi connectivity index (χ1n) is 8.92. The maximum atomic E-state index is 13.2. The number of benzene rings is 1. The molecule has 4 aromatic rings. The minimum atomic E-state index is -0.0593. The zero-order valence-electron chi connectivity index (χ0n) is 15.6. The van der Waals surface area contributed by atoms with Crippen LogP contribution in [-0.2, 0) is 6.54 Å². The molecule has 1 aromatic carbocycles. The summed E-state index contributed by atoms with van der Waals surface area (Å²) in [5.74, 6) is -0.0593. The lowest BCUT2D eigenvalue weighted by atomic mass is 10.1. The number of imidazole rings is 1. The van der Waals surface area contributed by atoms with Crippen LogP contribution >= 0.6 is 34.3 Å². The molecule has 28 heavy (non-hydrogen) atoms. The second-order valence-electron chi connectivity index (χ2n) is 6.64. The molecule has 4 rings (SSSR count). The molecule has 0 radical (unpaired) electrons. The number of thiazole rings is 1. The summed E-state index contributed by atoms with van der Waals surface area (Å²) in [6.45, 7) is 5.51. The number of thiophene rings is 1. The van der Waals surface area contributed by atoms with Crippen molar-refractivity contribution in [1.29, 1.82) is 0 Å². The van der Waals surface area contributed by atoms with Crippen LogP contribution in [0, 0.1) is 13.8 Å². The summed E-state index contributed by atoms with van der Waals surface area (Å²) in [4.78, 5) is 24.5. The molecule has 3 aromatic heterocycles. The molecule has 0 aliphatic rings. The van der Waals surface area contributed by atoms with Gasteiger partial charge in [-0.25, -0.2) is 9.97 Å². The quantitative estimate of drug-likeness (QED) is 0.402. The van der Waals surface area contributed by atoms with Crippen molar-refractivity contribution >= 4 is 55.5 Å². The minimum Gasteiger partial charge on any atom is -0.337 e. The predicted octanol–water partition coefficient (Wildman–Crippen LogP) is 5.56. The van der Waals surface area contributed by atoms with E-state index < -0.39 is 0 Å². The van der Waals surface area contributed by atoms with Crippen LogP contribution in [0.4, 0.5) is 5.13 Å². The third kappa shape index (κ3) is 3.97. The largest absolute Gasteiger partial charge is 0.337 e. The molecule has 0 unspecified atom stereocenters. The number of fused-ring (bicyclic) bond motifs is 1. The van der Waals surface area contributed by atoms with E-state index in [0.29, 0.717) is 15.8 Å². The molecule has 0 fully saturated rings. The first-order valence-corrected chi connectivity index (χ1v) is 10.9. The third-order valence-corrected chi connectivity index (χ3v) is 6.87. The molecule has 0 aliphatic carbocycles. The molecule has 1 amide bonds. The van der Waals surface area contributed by atoms with Gasteiger partial charge in [-0.2, -0.15) is 0 Å². The van der Waals surface area contributed by atoms with Gasteiger partial charge in [0.2, 0.25) is 0 Å². The SMILES string of the molecule is Cc1cc(C)c2sc(N(CCCn3ccnc3)C(=O)c3ccc(Cl)s3)nc2c1. The van der Waals surface area contributed by atoms with Crippen LogP contribution in [0.2, 0.25) is 4.34 Å². The van der Waals surface area contributed by atoms with Gasteiger partial charge >= 0.3 is 0 Å². The predicted molar refractivity (Wildman–Crippen MR) is 117 cm³/mol. The lowest BCUT2D eigenvalue weighted by Crippen LogP contribution is -2.31. The third-order valence-electron chi connectivity index (χ3n) is 4.43.